The van der Waals surface area contributed by atoms with Gasteiger partial charge >= 0.3 is 0 Å². The zero-order valence-corrected chi connectivity index (χ0v) is 13.0. The number of amides is 2. The molecule has 0 aromatic rings. The number of carbonyl (C=O) groups is 2. The molecule has 120 valence electrons. The second-order valence-electron chi connectivity index (χ2n) is 4.19. The zero-order chi connectivity index (χ0) is 16.1. The van der Waals surface area contributed by atoms with Gasteiger partial charge in [-0.05, 0) is 45.3 Å². The van der Waals surface area contributed by atoms with Crippen molar-refractivity contribution in [3.63, 3.8) is 0 Å². The van der Waals surface area contributed by atoms with Crippen LogP contribution < -0.4 is 0 Å². The van der Waals surface area contributed by atoms with Gasteiger partial charge in [0.1, 0.15) is 0 Å². The van der Waals surface area contributed by atoms with E-state index in [1.54, 1.807) is 0 Å². The maximum absolute atomic E-state index is 11.5. The molecule has 0 aliphatic rings. The molecule has 2 amide bonds. The fourth-order valence-corrected chi connectivity index (χ4v) is 1.68. The van der Waals surface area contributed by atoms with Gasteiger partial charge in [-0.1, -0.05) is 13.2 Å². The molecular formula is C15H26N2O4. The Morgan fingerprint density at radius 2 is 1.24 bits per heavy atom. The number of hydrogen-bond acceptors (Lipinski definition) is 4. The van der Waals surface area contributed by atoms with Crippen LogP contribution in [0.25, 0.3) is 0 Å². The molecular weight excluding hydrogens is 272 g/mol. The summed E-state index contributed by atoms with van der Waals surface area (Å²) in [5, 5.41) is 2.62. The minimum atomic E-state index is -0.241. The summed E-state index contributed by atoms with van der Waals surface area (Å²) in [5.74, 6) is -0.482. The third-order valence-electron chi connectivity index (χ3n) is 2.63. The molecule has 0 N–H and O–H groups in total. The fraction of sp³-hybridized carbons (Fsp3) is 0.600. The van der Waals surface area contributed by atoms with E-state index in [4.69, 9.17) is 9.68 Å². The van der Waals surface area contributed by atoms with Gasteiger partial charge in [-0.15, -0.1) is 0 Å². The number of hydroxylamine groups is 4. The average Bonchev–Trinajstić information content (AvgIpc) is 2.50. The molecule has 0 saturated heterocycles. The first-order valence-corrected chi connectivity index (χ1v) is 7.24. The summed E-state index contributed by atoms with van der Waals surface area (Å²) in [6.07, 6.45) is 4.87. The van der Waals surface area contributed by atoms with Crippen LogP contribution in [-0.2, 0) is 19.3 Å². The molecule has 0 heterocycles. The zero-order valence-electron chi connectivity index (χ0n) is 13.0. The first kappa shape index (κ1) is 19.3. The Labute approximate surface area is 126 Å². The maximum Gasteiger partial charge on any atom is 0.269 e. The molecule has 21 heavy (non-hydrogen) atoms. The van der Waals surface area contributed by atoms with Gasteiger partial charge in [-0.2, -0.15) is 0 Å². The Morgan fingerprint density at radius 1 is 0.857 bits per heavy atom. The van der Waals surface area contributed by atoms with E-state index < -0.39 is 0 Å². The standard InChI is InChI=1S/C15H26N2O4/c1-5-14(18)16(20-7-3)12-10-9-11-13-17(21-8-4)15(19)6-2/h5-6H,1-2,7-13H2,3-4H3. The lowest BCUT2D eigenvalue weighted by Crippen LogP contribution is -2.32. The second kappa shape index (κ2) is 12.1. The summed E-state index contributed by atoms with van der Waals surface area (Å²) in [6.45, 7) is 12.4. The van der Waals surface area contributed by atoms with E-state index >= 15 is 0 Å². The lowest BCUT2D eigenvalue weighted by atomic mass is 10.2. The second-order valence-corrected chi connectivity index (χ2v) is 4.19. The van der Waals surface area contributed by atoms with E-state index in [0.717, 1.165) is 19.3 Å². The Bertz CT molecular complexity index is 313. The number of rotatable bonds is 12. The van der Waals surface area contributed by atoms with Gasteiger partial charge in [0.25, 0.3) is 11.8 Å². The van der Waals surface area contributed by atoms with Crippen LogP contribution in [0.4, 0.5) is 0 Å². The first-order chi connectivity index (χ1) is 10.1. The minimum Gasteiger partial charge on any atom is -0.271 e. The highest BCUT2D eigenvalue weighted by molar-refractivity contribution is 5.86. The van der Waals surface area contributed by atoms with Gasteiger partial charge < -0.3 is 0 Å². The summed E-state index contributed by atoms with van der Waals surface area (Å²) >= 11 is 0. The van der Waals surface area contributed by atoms with Crippen LogP contribution in [0.5, 0.6) is 0 Å². The van der Waals surface area contributed by atoms with Crippen LogP contribution in [0, 0.1) is 0 Å². The summed E-state index contributed by atoms with van der Waals surface area (Å²) in [4.78, 5) is 33.4. The molecule has 0 aliphatic heterocycles. The van der Waals surface area contributed by atoms with E-state index in [-0.39, 0.29) is 11.8 Å². The van der Waals surface area contributed by atoms with Crippen molar-refractivity contribution in [2.24, 2.45) is 0 Å². The largest absolute Gasteiger partial charge is 0.271 e. The van der Waals surface area contributed by atoms with Crippen molar-refractivity contribution in [2.45, 2.75) is 33.1 Å². The minimum absolute atomic E-state index is 0.241. The van der Waals surface area contributed by atoms with Gasteiger partial charge in [0, 0.05) is 13.1 Å². The van der Waals surface area contributed by atoms with Gasteiger partial charge in [-0.3, -0.25) is 19.3 Å². The smallest absolute Gasteiger partial charge is 0.269 e. The molecule has 0 aromatic carbocycles. The van der Waals surface area contributed by atoms with Gasteiger partial charge in [0.05, 0.1) is 13.2 Å². The summed E-state index contributed by atoms with van der Waals surface area (Å²) in [7, 11) is 0. The predicted molar refractivity (Wildman–Crippen MR) is 80.9 cm³/mol. The third-order valence-corrected chi connectivity index (χ3v) is 2.63. The van der Waals surface area contributed by atoms with Gasteiger partial charge in [-0.25, -0.2) is 10.1 Å². The molecule has 0 bridgehead atoms. The van der Waals surface area contributed by atoms with E-state index in [1.165, 1.54) is 22.3 Å². The van der Waals surface area contributed by atoms with E-state index in [0.29, 0.717) is 26.3 Å². The van der Waals surface area contributed by atoms with E-state index in [9.17, 15) is 9.59 Å². The number of hydrogen-bond donors (Lipinski definition) is 0. The molecule has 0 aromatic heterocycles. The molecule has 0 fully saturated rings. The first-order valence-electron chi connectivity index (χ1n) is 7.24. The molecule has 0 radical (unpaired) electrons. The van der Waals surface area contributed by atoms with Crippen molar-refractivity contribution in [1.29, 1.82) is 0 Å². The van der Waals surface area contributed by atoms with Crippen LogP contribution in [0.2, 0.25) is 0 Å². The predicted octanol–water partition coefficient (Wildman–Crippen LogP) is 2.09. The van der Waals surface area contributed by atoms with Crippen LogP contribution in [0.3, 0.4) is 0 Å². The quantitative estimate of drug-likeness (QED) is 0.314. The van der Waals surface area contributed by atoms with Crippen molar-refractivity contribution in [3.8, 4) is 0 Å². The number of unbranched alkanes of at least 4 members (excludes halogenated alkanes) is 2. The van der Waals surface area contributed by atoms with Crippen molar-refractivity contribution in [1.82, 2.24) is 10.1 Å². The van der Waals surface area contributed by atoms with Crippen molar-refractivity contribution < 1.29 is 19.3 Å². The third kappa shape index (κ3) is 8.27. The maximum atomic E-state index is 11.5. The molecule has 6 nitrogen and oxygen atoms in total. The average molecular weight is 298 g/mol. The summed E-state index contributed by atoms with van der Waals surface area (Å²) in [6, 6.07) is 0. The van der Waals surface area contributed by atoms with Crippen LogP contribution in [0.1, 0.15) is 33.1 Å². The fourth-order valence-electron chi connectivity index (χ4n) is 1.68. The molecule has 0 rings (SSSR count). The highest BCUT2D eigenvalue weighted by Crippen LogP contribution is 2.04. The van der Waals surface area contributed by atoms with Gasteiger partial charge in [0.2, 0.25) is 0 Å². The Morgan fingerprint density at radius 3 is 1.52 bits per heavy atom. The topological polar surface area (TPSA) is 59.1 Å². The normalized spacial score (nSPS) is 10.0. The van der Waals surface area contributed by atoms with Crippen LogP contribution in [0.15, 0.2) is 25.3 Å². The highest BCUT2D eigenvalue weighted by atomic mass is 16.7. The molecule has 6 heteroatoms. The lowest BCUT2D eigenvalue weighted by Gasteiger charge is -2.21. The van der Waals surface area contributed by atoms with Crippen molar-refractivity contribution in [2.75, 3.05) is 26.3 Å². The SMILES string of the molecule is C=CC(=O)N(CCCCCN(OCC)C(=O)C=C)OCC. The molecule has 0 aliphatic carbocycles. The number of nitrogens with zero attached hydrogens (tertiary/aromatic N) is 2. The van der Waals surface area contributed by atoms with Crippen LogP contribution >= 0.6 is 0 Å². The Hall–Kier alpha value is -1.66. The Kier molecular flexibility index (Phi) is 11.2. The lowest BCUT2D eigenvalue weighted by molar-refractivity contribution is -0.181. The Balaban J connectivity index is 4.01. The highest BCUT2D eigenvalue weighted by Gasteiger charge is 2.11. The monoisotopic (exact) mass is 298 g/mol. The number of carbonyl (C=O) groups excluding carboxylic acids is 2. The van der Waals surface area contributed by atoms with Crippen molar-refractivity contribution in [3.05, 3.63) is 25.3 Å². The van der Waals surface area contributed by atoms with E-state index in [1.807, 2.05) is 13.8 Å². The molecule has 0 atom stereocenters. The van der Waals surface area contributed by atoms with Crippen LogP contribution in [-0.4, -0.2) is 48.2 Å². The molecule has 0 unspecified atom stereocenters. The molecule has 0 spiro atoms. The summed E-state index contributed by atoms with van der Waals surface area (Å²) < 4.78 is 0. The summed E-state index contributed by atoms with van der Waals surface area (Å²) in [5.41, 5.74) is 0. The van der Waals surface area contributed by atoms with E-state index in [2.05, 4.69) is 13.2 Å². The molecule has 0 saturated carbocycles. The van der Waals surface area contributed by atoms with Crippen molar-refractivity contribution >= 4 is 11.8 Å². The van der Waals surface area contributed by atoms with Gasteiger partial charge in [0.15, 0.2) is 0 Å².